The number of benzene rings is 2. The molecule has 0 aliphatic carbocycles. The predicted octanol–water partition coefficient (Wildman–Crippen LogP) is 9.52. The zero-order valence-corrected chi connectivity index (χ0v) is 20.6. The summed E-state index contributed by atoms with van der Waals surface area (Å²) in [5, 5.41) is 11.0. The first-order chi connectivity index (χ1) is 15.0. The lowest BCUT2D eigenvalue weighted by molar-refractivity contribution is 0.440. The minimum Gasteiger partial charge on any atom is -0.508 e. The average molecular weight is 423 g/mol. The molecule has 0 amide bonds. The first-order valence-corrected chi connectivity index (χ1v) is 12.9. The van der Waals surface area contributed by atoms with E-state index in [-0.39, 0.29) is 5.41 Å². The van der Waals surface area contributed by atoms with Crippen molar-refractivity contribution >= 4 is 0 Å². The molecule has 0 aliphatic heterocycles. The Kier molecular flexibility index (Phi) is 11.2. The number of hydrogen-bond donors (Lipinski definition) is 1. The summed E-state index contributed by atoms with van der Waals surface area (Å²) >= 11 is 0. The number of phenolic OH excluding ortho intramolecular Hbond substituents is 1. The third kappa shape index (κ3) is 7.70. The van der Waals surface area contributed by atoms with E-state index < -0.39 is 0 Å². The SMILES string of the molecule is CCCCCCCCCC(CCCCC)c1cccc(O)c1C(C)(C)c1ccccc1. The molecule has 1 unspecified atom stereocenters. The molecule has 2 aromatic rings. The lowest BCUT2D eigenvalue weighted by Gasteiger charge is -2.32. The Labute approximate surface area is 192 Å². The zero-order chi connectivity index (χ0) is 22.5. The van der Waals surface area contributed by atoms with Crippen molar-refractivity contribution in [1.29, 1.82) is 0 Å². The van der Waals surface area contributed by atoms with Gasteiger partial charge in [-0.1, -0.05) is 134 Å². The second-order valence-electron chi connectivity index (χ2n) is 9.84. The minimum atomic E-state index is -0.217. The van der Waals surface area contributed by atoms with Crippen molar-refractivity contribution in [2.24, 2.45) is 0 Å². The molecule has 172 valence electrons. The van der Waals surface area contributed by atoms with Crippen LogP contribution in [0.25, 0.3) is 0 Å². The lowest BCUT2D eigenvalue weighted by Crippen LogP contribution is -2.22. The molecule has 0 saturated carbocycles. The molecule has 0 bridgehead atoms. The Morgan fingerprint density at radius 1 is 0.677 bits per heavy atom. The van der Waals surface area contributed by atoms with Gasteiger partial charge in [0.1, 0.15) is 5.75 Å². The summed E-state index contributed by atoms with van der Waals surface area (Å²) in [6, 6.07) is 16.9. The van der Waals surface area contributed by atoms with Crippen LogP contribution >= 0.6 is 0 Å². The number of hydrogen-bond acceptors (Lipinski definition) is 1. The van der Waals surface area contributed by atoms with Crippen LogP contribution in [0.2, 0.25) is 0 Å². The quantitative estimate of drug-likeness (QED) is 0.283. The molecule has 0 fully saturated rings. The zero-order valence-electron chi connectivity index (χ0n) is 20.6. The van der Waals surface area contributed by atoms with Gasteiger partial charge in [-0.2, -0.15) is 0 Å². The summed E-state index contributed by atoms with van der Waals surface area (Å²) < 4.78 is 0. The highest BCUT2D eigenvalue weighted by Crippen LogP contribution is 2.43. The fraction of sp³-hybridized carbons (Fsp3) is 0.600. The fourth-order valence-corrected chi connectivity index (χ4v) is 5.02. The molecular formula is C30H46O. The molecule has 1 N–H and O–H groups in total. The van der Waals surface area contributed by atoms with Gasteiger partial charge in [0, 0.05) is 11.0 Å². The lowest BCUT2D eigenvalue weighted by atomic mass is 9.72. The molecule has 1 atom stereocenters. The fourth-order valence-electron chi connectivity index (χ4n) is 5.02. The van der Waals surface area contributed by atoms with E-state index in [0.717, 1.165) is 5.56 Å². The van der Waals surface area contributed by atoms with E-state index in [2.05, 4.69) is 64.1 Å². The third-order valence-corrected chi connectivity index (χ3v) is 6.95. The van der Waals surface area contributed by atoms with Gasteiger partial charge in [-0.15, -0.1) is 0 Å². The molecular weight excluding hydrogens is 376 g/mol. The molecule has 0 saturated heterocycles. The smallest absolute Gasteiger partial charge is 0.119 e. The van der Waals surface area contributed by atoms with Crippen LogP contribution in [0, 0.1) is 0 Å². The van der Waals surface area contributed by atoms with Gasteiger partial charge in [-0.05, 0) is 36.0 Å². The van der Waals surface area contributed by atoms with Gasteiger partial charge < -0.3 is 5.11 Å². The van der Waals surface area contributed by atoms with Crippen molar-refractivity contribution in [2.75, 3.05) is 0 Å². The normalized spacial score (nSPS) is 12.8. The van der Waals surface area contributed by atoms with Gasteiger partial charge in [-0.3, -0.25) is 0 Å². The first-order valence-electron chi connectivity index (χ1n) is 12.9. The van der Waals surface area contributed by atoms with Crippen LogP contribution in [0.3, 0.4) is 0 Å². The van der Waals surface area contributed by atoms with Crippen LogP contribution in [0.15, 0.2) is 48.5 Å². The van der Waals surface area contributed by atoms with Crippen molar-refractivity contribution in [2.45, 2.75) is 116 Å². The number of phenols is 1. The van der Waals surface area contributed by atoms with Crippen LogP contribution in [-0.4, -0.2) is 5.11 Å². The average Bonchev–Trinajstić information content (AvgIpc) is 2.77. The molecule has 0 aromatic heterocycles. The van der Waals surface area contributed by atoms with E-state index in [4.69, 9.17) is 0 Å². The van der Waals surface area contributed by atoms with Gasteiger partial charge >= 0.3 is 0 Å². The minimum absolute atomic E-state index is 0.217. The maximum atomic E-state index is 11.0. The standard InChI is InChI=1S/C30H46O/c1-5-7-9-10-11-12-15-20-25(19-14-8-6-2)27-23-18-24-28(31)29(27)30(3,4)26-21-16-13-17-22-26/h13,16-18,21-25,31H,5-12,14-15,19-20H2,1-4H3. The largest absolute Gasteiger partial charge is 0.508 e. The Hall–Kier alpha value is -1.76. The summed E-state index contributed by atoms with van der Waals surface area (Å²) in [7, 11) is 0. The maximum Gasteiger partial charge on any atom is 0.119 e. The molecule has 1 heteroatoms. The van der Waals surface area contributed by atoms with E-state index in [1.54, 1.807) is 0 Å². The maximum absolute atomic E-state index is 11.0. The van der Waals surface area contributed by atoms with Crippen LogP contribution in [0.5, 0.6) is 5.75 Å². The molecule has 0 spiro atoms. The van der Waals surface area contributed by atoms with Crippen LogP contribution in [0.4, 0.5) is 0 Å². The summed E-state index contributed by atoms with van der Waals surface area (Å²) in [5.41, 5.74) is 3.55. The second kappa shape index (κ2) is 13.6. The molecule has 0 aliphatic rings. The predicted molar refractivity (Wildman–Crippen MR) is 136 cm³/mol. The summed E-state index contributed by atoms with van der Waals surface area (Å²) in [5.74, 6) is 0.985. The van der Waals surface area contributed by atoms with Crippen molar-refractivity contribution in [3.05, 3.63) is 65.2 Å². The highest BCUT2D eigenvalue weighted by molar-refractivity contribution is 5.51. The van der Waals surface area contributed by atoms with Gasteiger partial charge in [0.05, 0.1) is 0 Å². The van der Waals surface area contributed by atoms with E-state index in [9.17, 15) is 5.11 Å². The van der Waals surface area contributed by atoms with E-state index in [1.165, 1.54) is 88.2 Å². The van der Waals surface area contributed by atoms with Crippen molar-refractivity contribution in [1.82, 2.24) is 0 Å². The third-order valence-electron chi connectivity index (χ3n) is 6.95. The second-order valence-corrected chi connectivity index (χ2v) is 9.84. The molecule has 31 heavy (non-hydrogen) atoms. The molecule has 1 nitrogen and oxygen atoms in total. The van der Waals surface area contributed by atoms with Gasteiger partial charge in [0.2, 0.25) is 0 Å². The van der Waals surface area contributed by atoms with Crippen LogP contribution < -0.4 is 0 Å². The van der Waals surface area contributed by atoms with E-state index >= 15 is 0 Å². The highest BCUT2D eigenvalue weighted by Gasteiger charge is 2.31. The monoisotopic (exact) mass is 422 g/mol. The van der Waals surface area contributed by atoms with Crippen molar-refractivity contribution in [3.8, 4) is 5.75 Å². The Morgan fingerprint density at radius 3 is 1.87 bits per heavy atom. The number of unbranched alkanes of at least 4 members (excludes halogenated alkanes) is 8. The van der Waals surface area contributed by atoms with Gasteiger partial charge in [0.25, 0.3) is 0 Å². The Morgan fingerprint density at radius 2 is 1.23 bits per heavy atom. The van der Waals surface area contributed by atoms with Crippen LogP contribution in [0.1, 0.15) is 127 Å². The van der Waals surface area contributed by atoms with E-state index in [0.29, 0.717) is 11.7 Å². The number of aromatic hydroxyl groups is 1. The molecule has 0 heterocycles. The summed E-state index contributed by atoms with van der Waals surface area (Å²) in [6.45, 7) is 9.09. The number of rotatable bonds is 15. The first kappa shape index (κ1) is 25.5. The Balaban J connectivity index is 2.21. The van der Waals surface area contributed by atoms with Crippen molar-refractivity contribution in [3.63, 3.8) is 0 Å². The highest BCUT2D eigenvalue weighted by atomic mass is 16.3. The molecule has 2 aromatic carbocycles. The molecule has 0 radical (unpaired) electrons. The Bertz CT molecular complexity index is 731. The molecule has 2 rings (SSSR count). The summed E-state index contributed by atoms with van der Waals surface area (Å²) in [6.07, 6.45) is 15.7. The van der Waals surface area contributed by atoms with E-state index in [1.807, 2.05) is 12.1 Å². The topological polar surface area (TPSA) is 20.2 Å². The van der Waals surface area contributed by atoms with Crippen molar-refractivity contribution < 1.29 is 5.11 Å². The van der Waals surface area contributed by atoms with Crippen LogP contribution in [-0.2, 0) is 5.41 Å². The van der Waals surface area contributed by atoms with Gasteiger partial charge in [-0.25, -0.2) is 0 Å². The summed E-state index contributed by atoms with van der Waals surface area (Å²) in [4.78, 5) is 0. The van der Waals surface area contributed by atoms with Gasteiger partial charge in [0.15, 0.2) is 0 Å².